The molecule has 2 heterocycles. The van der Waals surface area contributed by atoms with Gasteiger partial charge in [-0.2, -0.15) is 5.10 Å². The van der Waals surface area contributed by atoms with Crippen LogP contribution in [0.25, 0.3) is 0 Å². The number of aromatic nitrogens is 3. The summed E-state index contributed by atoms with van der Waals surface area (Å²) in [5.41, 5.74) is 1.44. The number of hydrogen-bond donors (Lipinski definition) is 2. The summed E-state index contributed by atoms with van der Waals surface area (Å²) in [6.45, 7) is 0.441. The van der Waals surface area contributed by atoms with Gasteiger partial charge in [-0.1, -0.05) is 0 Å². The molecule has 5 nitrogen and oxygen atoms in total. The highest BCUT2D eigenvalue weighted by Gasteiger charge is 2.09. The SMILES string of the molecule is O=C(NCc1cn[nH]c1)c1cccnc1Br. The summed E-state index contributed by atoms with van der Waals surface area (Å²) in [4.78, 5) is 15.7. The smallest absolute Gasteiger partial charge is 0.254 e. The van der Waals surface area contributed by atoms with Crippen molar-refractivity contribution in [1.82, 2.24) is 20.5 Å². The number of amides is 1. The maximum Gasteiger partial charge on any atom is 0.254 e. The van der Waals surface area contributed by atoms with E-state index in [1.807, 2.05) is 0 Å². The number of carbonyl (C=O) groups is 1. The summed E-state index contributed by atoms with van der Waals surface area (Å²) >= 11 is 3.23. The van der Waals surface area contributed by atoms with E-state index >= 15 is 0 Å². The molecule has 6 heteroatoms. The van der Waals surface area contributed by atoms with E-state index in [9.17, 15) is 4.79 Å². The highest BCUT2D eigenvalue weighted by molar-refractivity contribution is 9.10. The third kappa shape index (κ3) is 2.46. The average Bonchev–Trinajstić information content (AvgIpc) is 2.79. The Morgan fingerprint density at radius 1 is 1.56 bits per heavy atom. The first-order chi connectivity index (χ1) is 7.77. The van der Waals surface area contributed by atoms with Gasteiger partial charge in [-0.15, -0.1) is 0 Å². The van der Waals surface area contributed by atoms with Gasteiger partial charge in [0.05, 0.1) is 11.8 Å². The summed E-state index contributed by atoms with van der Waals surface area (Å²) in [5, 5.41) is 9.25. The molecule has 2 rings (SSSR count). The van der Waals surface area contributed by atoms with E-state index in [0.29, 0.717) is 16.7 Å². The molecule has 0 aromatic carbocycles. The van der Waals surface area contributed by atoms with E-state index in [-0.39, 0.29) is 5.91 Å². The van der Waals surface area contributed by atoms with Crippen LogP contribution >= 0.6 is 15.9 Å². The molecule has 82 valence electrons. The number of hydrogen-bond acceptors (Lipinski definition) is 3. The van der Waals surface area contributed by atoms with Gasteiger partial charge in [-0.25, -0.2) is 4.98 Å². The number of halogens is 1. The molecular weight excluding hydrogens is 272 g/mol. The van der Waals surface area contributed by atoms with Crippen molar-refractivity contribution in [3.05, 3.63) is 46.5 Å². The maximum absolute atomic E-state index is 11.7. The third-order valence-corrected chi connectivity index (χ3v) is 2.64. The fourth-order valence-corrected chi connectivity index (χ4v) is 1.64. The molecule has 0 aliphatic carbocycles. The van der Waals surface area contributed by atoms with Gasteiger partial charge in [0.25, 0.3) is 5.91 Å². The normalized spacial score (nSPS) is 10.1. The van der Waals surface area contributed by atoms with E-state index in [2.05, 4.69) is 36.4 Å². The molecule has 0 aliphatic rings. The minimum absolute atomic E-state index is 0.166. The topological polar surface area (TPSA) is 70.7 Å². The molecule has 0 atom stereocenters. The molecule has 2 N–H and O–H groups in total. The molecule has 0 aliphatic heterocycles. The monoisotopic (exact) mass is 280 g/mol. The molecule has 0 saturated heterocycles. The predicted octanol–water partition coefficient (Wildman–Crippen LogP) is 1.50. The van der Waals surface area contributed by atoms with E-state index < -0.39 is 0 Å². The lowest BCUT2D eigenvalue weighted by atomic mass is 10.2. The number of nitrogens with one attached hydrogen (secondary N) is 2. The van der Waals surface area contributed by atoms with Crippen LogP contribution in [0.4, 0.5) is 0 Å². The van der Waals surface area contributed by atoms with Crippen LogP contribution in [-0.2, 0) is 6.54 Å². The largest absolute Gasteiger partial charge is 0.348 e. The van der Waals surface area contributed by atoms with Crippen LogP contribution in [0.1, 0.15) is 15.9 Å². The van der Waals surface area contributed by atoms with Crippen LogP contribution in [0.2, 0.25) is 0 Å². The second-order valence-electron chi connectivity index (χ2n) is 3.13. The fourth-order valence-electron chi connectivity index (χ4n) is 1.21. The Hall–Kier alpha value is -1.69. The van der Waals surface area contributed by atoms with Crippen molar-refractivity contribution < 1.29 is 4.79 Å². The summed E-state index contributed by atoms with van der Waals surface area (Å²) in [5.74, 6) is -0.166. The first-order valence-electron chi connectivity index (χ1n) is 4.64. The molecule has 0 unspecified atom stereocenters. The van der Waals surface area contributed by atoms with Gasteiger partial charge in [-0.3, -0.25) is 9.89 Å². The summed E-state index contributed by atoms with van der Waals surface area (Å²) in [6, 6.07) is 3.43. The quantitative estimate of drug-likeness (QED) is 0.837. The number of nitrogens with zero attached hydrogens (tertiary/aromatic N) is 2. The Balaban J connectivity index is 2.01. The van der Waals surface area contributed by atoms with Gasteiger partial charge >= 0.3 is 0 Å². The van der Waals surface area contributed by atoms with Gasteiger partial charge in [0.15, 0.2) is 0 Å². The molecule has 0 bridgehead atoms. The Kier molecular flexibility index (Phi) is 3.31. The molecule has 0 radical (unpaired) electrons. The number of pyridine rings is 1. The van der Waals surface area contributed by atoms with Crippen molar-refractivity contribution in [2.24, 2.45) is 0 Å². The highest BCUT2D eigenvalue weighted by Crippen LogP contribution is 2.12. The minimum atomic E-state index is -0.166. The van der Waals surface area contributed by atoms with Crippen molar-refractivity contribution in [1.29, 1.82) is 0 Å². The zero-order valence-electron chi connectivity index (χ0n) is 8.27. The minimum Gasteiger partial charge on any atom is -0.348 e. The van der Waals surface area contributed by atoms with Crippen LogP contribution < -0.4 is 5.32 Å². The highest BCUT2D eigenvalue weighted by atomic mass is 79.9. The number of aromatic amines is 1. The average molecular weight is 281 g/mol. The molecule has 0 fully saturated rings. The van der Waals surface area contributed by atoms with E-state index in [4.69, 9.17) is 0 Å². The first kappa shape index (κ1) is 10.8. The Labute approximate surface area is 100 Å². The van der Waals surface area contributed by atoms with E-state index in [1.165, 1.54) is 0 Å². The summed E-state index contributed by atoms with van der Waals surface area (Å²) in [7, 11) is 0. The third-order valence-electron chi connectivity index (χ3n) is 2.01. The predicted molar refractivity (Wildman–Crippen MR) is 61.7 cm³/mol. The van der Waals surface area contributed by atoms with E-state index in [0.717, 1.165) is 5.56 Å². The Morgan fingerprint density at radius 2 is 2.44 bits per heavy atom. The van der Waals surface area contributed by atoms with Crippen molar-refractivity contribution in [2.45, 2.75) is 6.54 Å². The maximum atomic E-state index is 11.7. The molecule has 1 amide bonds. The standard InChI is InChI=1S/C10H9BrN4O/c11-9-8(2-1-3-12-9)10(16)13-4-7-5-14-15-6-7/h1-3,5-6H,4H2,(H,13,16)(H,14,15). The summed E-state index contributed by atoms with van der Waals surface area (Å²) < 4.78 is 0.541. The summed E-state index contributed by atoms with van der Waals surface area (Å²) in [6.07, 6.45) is 5.02. The lowest BCUT2D eigenvalue weighted by Gasteiger charge is -2.04. The molecule has 16 heavy (non-hydrogen) atoms. The van der Waals surface area contributed by atoms with Gasteiger partial charge in [0, 0.05) is 24.5 Å². The number of carbonyl (C=O) groups excluding carboxylic acids is 1. The van der Waals surface area contributed by atoms with Gasteiger partial charge in [0.2, 0.25) is 0 Å². The Morgan fingerprint density at radius 3 is 3.12 bits per heavy atom. The Bertz CT molecular complexity index is 483. The van der Waals surface area contributed by atoms with Crippen LogP contribution in [0, 0.1) is 0 Å². The molecular formula is C10H9BrN4O. The lowest BCUT2D eigenvalue weighted by Crippen LogP contribution is -2.23. The molecule has 0 saturated carbocycles. The van der Waals surface area contributed by atoms with Crippen molar-refractivity contribution in [3.63, 3.8) is 0 Å². The fraction of sp³-hybridized carbons (Fsp3) is 0.100. The number of rotatable bonds is 3. The van der Waals surface area contributed by atoms with Crippen LogP contribution in [0.3, 0.4) is 0 Å². The van der Waals surface area contributed by atoms with Crippen LogP contribution in [0.15, 0.2) is 35.3 Å². The van der Waals surface area contributed by atoms with Crippen LogP contribution in [0.5, 0.6) is 0 Å². The van der Waals surface area contributed by atoms with Crippen molar-refractivity contribution >= 4 is 21.8 Å². The zero-order valence-corrected chi connectivity index (χ0v) is 9.86. The molecule has 2 aromatic heterocycles. The molecule has 0 spiro atoms. The zero-order chi connectivity index (χ0) is 11.4. The van der Waals surface area contributed by atoms with Crippen molar-refractivity contribution in [3.8, 4) is 0 Å². The van der Waals surface area contributed by atoms with Crippen molar-refractivity contribution in [2.75, 3.05) is 0 Å². The van der Waals surface area contributed by atoms with Gasteiger partial charge in [-0.05, 0) is 28.1 Å². The second kappa shape index (κ2) is 4.89. The molecule has 2 aromatic rings. The van der Waals surface area contributed by atoms with Crippen LogP contribution in [-0.4, -0.2) is 21.1 Å². The van der Waals surface area contributed by atoms with Gasteiger partial charge in [0.1, 0.15) is 4.60 Å². The lowest BCUT2D eigenvalue weighted by molar-refractivity contribution is 0.0949. The van der Waals surface area contributed by atoms with Gasteiger partial charge < -0.3 is 5.32 Å². The van der Waals surface area contributed by atoms with E-state index in [1.54, 1.807) is 30.7 Å². The number of H-pyrrole nitrogens is 1. The second-order valence-corrected chi connectivity index (χ2v) is 3.88. The first-order valence-corrected chi connectivity index (χ1v) is 5.43.